The molecule has 0 aromatic heterocycles. The van der Waals surface area contributed by atoms with Gasteiger partial charge in [0.05, 0.1) is 0 Å². The van der Waals surface area contributed by atoms with Crippen LogP contribution >= 0.6 is 0 Å². The van der Waals surface area contributed by atoms with E-state index in [9.17, 15) is 4.79 Å². The summed E-state index contributed by atoms with van der Waals surface area (Å²) in [7, 11) is 0. The highest BCUT2D eigenvalue weighted by Crippen LogP contribution is 2.18. The van der Waals surface area contributed by atoms with Crippen LogP contribution in [-0.4, -0.2) is 24.6 Å². The molecule has 0 unspecified atom stereocenters. The molecule has 100 valence electrons. The minimum absolute atomic E-state index is 0.00727. The predicted octanol–water partition coefficient (Wildman–Crippen LogP) is 1.54. The van der Waals surface area contributed by atoms with Gasteiger partial charge in [-0.3, -0.25) is 4.79 Å². The Morgan fingerprint density at radius 3 is 2.61 bits per heavy atom. The van der Waals surface area contributed by atoms with Crippen molar-refractivity contribution in [1.29, 1.82) is 0 Å². The van der Waals surface area contributed by atoms with Gasteiger partial charge >= 0.3 is 0 Å². The lowest BCUT2D eigenvalue weighted by Gasteiger charge is -2.24. The quantitative estimate of drug-likeness (QED) is 0.833. The topological polar surface area (TPSA) is 64.3 Å². The maximum atomic E-state index is 11.7. The zero-order valence-electron chi connectivity index (χ0n) is 11.5. The molecule has 0 aliphatic rings. The number of carbonyl (C=O) groups is 1. The van der Waals surface area contributed by atoms with Gasteiger partial charge < -0.3 is 15.8 Å². The summed E-state index contributed by atoms with van der Waals surface area (Å²) in [6.45, 7) is 8.14. The third kappa shape index (κ3) is 4.37. The molecular formula is C14H22N2O2. The molecule has 0 saturated heterocycles. The van der Waals surface area contributed by atoms with Crippen LogP contribution in [0, 0.1) is 13.8 Å². The van der Waals surface area contributed by atoms with Crippen molar-refractivity contribution in [1.82, 2.24) is 5.32 Å². The molecule has 1 aromatic carbocycles. The molecule has 0 atom stereocenters. The molecule has 0 bridgehead atoms. The predicted molar refractivity (Wildman–Crippen MR) is 72.7 cm³/mol. The van der Waals surface area contributed by atoms with E-state index in [4.69, 9.17) is 10.5 Å². The van der Waals surface area contributed by atoms with E-state index in [1.807, 2.05) is 45.9 Å². The SMILES string of the molecule is Cc1ccc(OCC(=O)NC(C)(C)CN)c(C)c1. The summed E-state index contributed by atoms with van der Waals surface area (Å²) in [4.78, 5) is 11.7. The third-order valence-corrected chi connectivity index (χ3v) is 2.68. The molecule has 4 nitrogen and oxygen atoms in total. The molecule has 3 N–H and O–H groups in total. The summed E-state index contributed by atoms with van der Waals surface area (Å²) < 4.78 is 5.49. The summed E-state index contributed by atoms with van der Waals surface area (Å²) in [5.41, 5.74) is 7.35. The maximum absolute atomic E-state index is 11.7. The van der Waals surface area contributed by atoms with Crippen LogP contribution in [0.25, 0.3) is 0 Å². The van der Waals surface area contributed by atoms with Gasteiger partial charge in [0.15, 0.2) is 6.61 Å². The van der Waals surface area contributed by atoms with Gasteiger partial charge in [0.25, 0.3) is 5.91 Å². The largest absolute Gasteiger partial charge is 0.484 e. The molecule has 0 heterocycles. The minimum atomic E-state index is -0.400. The van der Waals surface area contributed by atoms with Gasteiger partial charge in [-0.25, -0.2) is 0 Å². The number of carbonyl (C=O) groups excluding carboxylic acids is 1. The lowest BCUT2D eigenvalue weighted by Crippen LogP contribution is -2.50. The first-order chi connectivity index (χ1) is 8.34. The fraction of sp³-hybridized carbons (Fsp3) is 0.500. The average molecular weight is 250 g/mol. The van der Waals surface area contributed by atoms with E-state index in [-0.39, 0.29) is 12.5 Å². The van der Waals surface area contributed by atoms with E-state index in [0.29, 0.717) is 6.54 Å². The smallest absolute Gasteiger partial charge is 0.258 e. The van der Waals surface area contributed by atoms with Crippen LogP contribution in [0.1, 0.15) is 25.0 Å². The normalized spacial score (nSPS) is 11.2. The maximum Gasteiger partial charge on any atom is 0.258 e. The Kier molecular flexibility index (Phi) is 4.73. The number of hydrogen-bond donors (Lipinski definition) is 2. The van der Waals surface area contributed by atoms with E-state index in [2.05, 4.69) is 5.32 Å². The Morgan fingerprint density at radius 1 is 1.39 bits per heavy atom. The van der Waals surface area contributed by atoms with E-state index in [1.165, 1.54) is 5.56 Å². The number of nitrogens with one attached hydrogen (secondary N) is 1. The molecule has 1 amide bonds. The van der Waals surface area contributed by atoms with Crippen LogP contribution in [-0.2, 0) is 4.79 Å². The molecule has 0 spiro atoms. The summed E-state index contributed by atoms with van der Waals surface area (Å²) in [5, 5.41) is 2.82. The van der Waals surface area contributed by atoms with E-state index in [0.717, 1.165) is 11.3 Å². The van der Waals surface area contributed by atoms with E-state index in [1.54, 1.807) is 0 Å². The molecule has 0 aliphatic carbocycles. The highest BCUT2D eigenvalue weighted by atomic mass is 16.5. The van der Waals surface area contributed by atoms with Crippen molar-refractivity contribution in [2.24, 2.45) is 5.73 Å². The van der Waals surface area contributed by atoms with Crippen LogP contribution < -0.4 is 15.8 Å². The first-order valence-electron chi connectivity index (χ1n) is 6.05. The zero-order chi connectivity index (χ0) is 13.8. The Labute approximate surface area is 109 Å². The lowest BCUT2D eigenvalue weighted by molar-refractivity contribution is -0.124. The van der Waals surface area contributed by atoms with Crippen LogP contribution in [0.5, 0.6) is 5.75 Å². The second kappa shape index (κ2) is 5.87. The summed E-state index contributed by atoms with van der Waals surface area (Å²) in [6, 6.07) is 5.87. The number of aryl methyl sites for hydroxylation is 2. The van der Waals surface area contributed by atoms with Gasteiger partial charge in [-0.15, -0.1) is 0 Å². The monoisotopic (exact) mass is 250 g/mol. The summed E-state index contributed by atoms with van der Waals surface area (Å²) >= 11 is 0. The van der Waals surface area contributed by atoms with Crippen molar-refractivity contribution >= 4 is 5.91 Å². The Morgan fingerprint density at radius 2 is 2.06 bits per heavy atom. The molecule has 18 heavy (non-hydrogen) atoms. The second-order valence-corrected chi connectivity index (χ2v) is 5.19. The molecule has 4 heteroatoms. The molecule has 0 aliphatic heterocycles. The van der Waals surface area contributed by atoms with Crippen LogP contribution in [0.15, 0.2) is 18.2 Å². The van der Waals surface area contributed by atoms with Crippen molar-refractivity contribution in [2.75, 3.05) is 13.2 Å². The Hall–Kier alpha value is -1.55. The van der Waals surface area contributed by atoms with E-state index >= 15 is 0 Å². The first-order valence-corrected chi connectivity index (χ1v) is 6.05. The highest BCUT2D eigenvalue weighted by molar-refractivity contribution is 5.78. The number of amides is 1. The average Bonchev–Trinajstić information content (AvgIpc) is 2.27. The van der Waals surface area contributed by atoms with Gasteiger partial charge in [-0.2, -0.15) is 0 Å². The van der Waals surface area contributed by atoms with Crippen molar-refractivity contribution in [3.8, 4) is 5.75 Å². The molecule has 0 radical (unpaired) electrons. The van der Waals surface area contributed by atoms with Crippen molar-refractivity contribution in [3.05, 3.63) is 29.3 Å². The van der Waals surface area contributed by atoms with Crippen molar-refractivity contribution in [3.63, 3.8) is 0 Å². The fourth-order valence-electron chi connectivity index (χ4n) is 1.57. The number of nitrogens with two attached hydrogens (primary N) is 1. The van der Waals surface area contributed by atoms with Crippen LogP contribution in [0.2, 0.25) is 0 Å². The Bertz CT molecular complexity index is 428. The Balaban J connectivity index is 2.53. The molecule has 1 aromatic rings. The number of ether oxygens (including phenoxy) is 1. The van der Waals surface area contributed by atoms with Crippen molar-refractivity contribution in [2.45, 2.75) is 33.2 Å². The van der Waals surface area contributed by atoms with Gasteiger partial charge in [0, 0.05) is 12.1 Å². The lowest BCUT2D eigenvalue weighted by atomic mass is 10.1. The van der Waals surface area contributed by atoms with Crippen LogP contribution in [0.4, 0.5) is 0 Å². The molecular weight excluding hydrogens is 228 g/mol. The number of benzene rings is 1. The highest BCUT2D eigenvalue weighted by Gasteiger charge is 2.18. The van der Waals surface area contributed by atoms with E-state index < -0.39 is 5.54 Å². The number of hydrogen-bond acceptors (Lipinski definition) is 3. The van der Waals surface area contributed by atoms with Gasteiger partial charge in [0.2, 0.25) is 0 Å². The fourth-order valence-corrected chi connectivity index (χ4v) is 1.57. The zero-order valence-corrected chi connectivity index (χ0v) is 11.5. The molecule has 0 fully saturated rings. The summed E-state index contributed by atoms with van der Waals surface area (Å²) in [5.74, 6) is 0.576. The molecule has 1 rings (SSSR count). The second-order valence-electron chi connectivity index (χ2n) is 5.19. The molecule has 0 saturated carbocycles. The van der Waals surface area contributed by atoms with Gasteiger partial charge in [0.1, 0.15) is 5.75 Å². The van der Waals surface area contributed by atoms with Gasteiger partial charge in [-0.05, 0) is 39.3 Å². The van der Waals surface area contributed by atoms with Gasteiger partial charge in [-0.1, -0.05) is 17.7 Å². The first kappa shape index (κ1) is 14.5. The minimum Gasteiger partial charge on any atom is -0.484 e. The number of rotatable bonds is 5. The van der Waals surface area contributed by atoms with Crippen LogP contribution in [0.3, 0.4) is 0 Å². The van der Waals surface area contributed by atoms with Crippen molar-refractivity contribution < 1.29 is 9.53 Å². The standard InChI is InChI=1S/C14H22N2O2/c1-10-5-6-12(11(2)7-10)18-8-13(17)16-14(3,4)9-15/h5-7H,8-9,15H2,1-4H3,(H,16,17). The third-order valence-electron chi connectivity index (χ3n) is 2.68. The summed E-state index contributed by atoms with van der Waals surface area (Å²) in [6.07, 6.45) is 0.